The molecule has 1 saturated heterocycles. The molecule has 0 bridgehead atoms. The molecule has 5 nitrogen and oxygen atoms in total. The zero-order valence-corrected chi connectivity index (χ0v) is 15.1. The molecule has 24 heavy (non-hydrogen) atoms. The first-order valence-corrected chi connectivity index (χ1v) is 9.51. The number of rotatable bonds is 4. The van der Waals surface area contributed by atoms with Gasteiger partial charge in [-0.25, -0.2) is 4.98 Å². The van der Waals surface area contributed by atoms with Gasteiger partial charge in [-0.05, 0) is 56.8 Å². The van der Waals surface area contributed by atoms with Gasteiger partial charge in [-0.15, -0.1) is 11.3 Å². The van der Waals surface area contributed by atoms with E-state index in [2.05, 4.69) is 15.2 Å². The Morgan fingerprint density at radius 3 is 2.88 bits per heavy atom. The van der Waals surface area contributed by atoms with Gasteiger partial charge in [-0.3, -0.25) is 4.79 Å². The molecular weight excluding hydrogens is 320 g/mol. The second-order valence-corrected chi connectivity index (χ2v) is 8.09. The van der Waals surface area contributed by atoms with E-state index in [0.717, 1.165) is 35.9 Å². The van der Waals surface area contributed by atoms with Crippen LogP contribution in [-0.2, 0) is 13.6 Å². The summed E-state index contributed by atoms with van der Waals surface area (Å²) in [5.74, 6) is 0.140. The molecule has 0 aromatic carbocycles. The molecule has 1 unspecified atom stereocenters. The average molecular weight is 344 g/mol. The van der Waals surface area contributed by atoms with E-state index in [1.807, 2.05) is 42.2 Å². The molecule has 1 amide bonds. The van der Waals surface area contributed by atoms with Gasteiger partial charge in [-0.1, -0.05) is 0 Å². The molecule has 4 rings (SSSR count). The lowest BCUT2D eigenvalue weighted by molar-refractivity contribution is 0.0682. The molecule has 2 aromatic rings. The first-order valence-electron chi connectivity index (χ1n) is 8.63. The summed E-state index contributed by atoms with van der Waals surface area (Å²) < 4.78 is 1.99. The van der Waals surface area contributed by atoms with Crippen molar-refractivity contribution < 1.29 is 4.79 Å². The van der Waals surface area contributed by atoms with Gasteiger partial charge >= 0.3 is 0 Å². The van der Waals surface area contributed by atoms with Crippen molar-refractivity contribution in [2.45, 2.75) is 38.8 Å². The fraction of sp³-hybridized carbons (Fsp3) is 0.556. The summed E-state index contributed by atoms with van der Waals surface area (Å²) in [4.78, 5) is 19.8. The van der Waals surface area contributed by atoms with Gasteiger partial charge in [0.2, 0.25) is 0 Å². The first kappa shape index (κ1) is 15.8. The third kappa shape index (κ3) is 2.67. The summed E-state index contributed by atoms with van der Waals surface area (Å²) >= 11 is 1.63. The molecule has 1 aliphatic heterocycles. The SMILES string of the molecule is Cc1ccc(C(=O)N(Cc2nccs2)C2CC23CCNCC3)n1C. The predicted octanol–water partition coefficient (Wildman–Crippen LogP) is 2.57. The third-order valence-electron chi connectivity index (χ3n) is 5.76. The molecule has 1 N–H and O–H groups in total. The van der Waals surface area contributed by atoms with Crippen LogP contribution in [0.2, 0.25) is 0 Å². The van der Waals surface area contributed by atoms with Crippen LogP contribution in [0.4, 0.5) is 0 Å². The van der Waals surface area contributed by atoms with E-state index in [-0.39, 0.29) is 5.91 Å². The van der Waals surface area contributed by atoms with Crippen LogP contribution in [0, 0.1) is 12.3 Å². The number of aryl methyl sites for hydroxylation is 1. The number of nitrogens with one attached hydrogen (secondary N) is 1. The van der Waals surface area contributed by atoms with Crippen LogP contribution >= 0.6 is 11.3 Å². The second-order valence-electron chi connectivity index (χ2n) is 7.11. The minimum absolute atomic E-state index is 0.140. The largest absolute Gasteiger partial charge is 0.344 e. The summed E-state index contributed by atoms with van der Waals surface area (Å²) in [6.45, 7) is 4.80. The van der Waals surface area contributed by atoms with Gasteiger partial charge in [0.05, 0.1) is 6.54 Å². The van der Waals surface area contributed by atoms with Crippen LogP contribution in [0.5, 0.6) is 0 Å². The molecule has 1 aliphatic carbocycles. The van der Waals surface area contributed by atoms with E-state index in [1.54, 1.807) is 11.3 Å². The smallest absolute Gasteiger partial charge is 0.271 e. The van der Waals surface area contributed by atoms with Gasteiger partial charge in [0.15, 0.2) is 0 Å². The van der Waals surface area contributed by atoms with Crippen molar-refractivity contribution in [2.75, 3.05) is 13.1 Å². The zero-order chi connectivity index (χ0) is 16.7. The number of carbonyl (C=O) groups excluding carboxylic acids is 1. The summed E-state index contributed by atoms with van der Waals surface area (Å²) in [5.41, 5.74) is 2.22. The van der Waals surface area contributed by atoms with Gasteiger partial charge in [0.1, 0.15) is 10.7 Å². The van der Waals surface area contributed by atoms with Gasteiger partial charge in [0.25, 0.3) is 5.91 Å². The van der Waals surface area contributed by atoms with Crippen LogP contribution in [0.15, 0.2) is 23.7 Å². The zero-order valence-electron chi connectivity index (χ0n) is 14.3. The van der Waals surface area contributed by atoms with Crippen LogP contribution in [0.1, 0.15) is 40.5 Å². The quantitative estimate of drug-likeness (QED) is 0.927. The average Bonchev–Trinajstić information content (AvgIpc) is 2.92. The van der Waals surface area contributed by atoms with E-state index in [4.69, 9.17) is 0 Å². The topological polar surface area (TPSA) is 50.2 Å². The summed E-state index contributed by atoms with van der Waals surface area (Å²) in [6, 6.07) is 4.32. The van der Waals surface area contributed by atoms with Crippen LogP contribution in [-0.4, -0.2) is 39.5 Å². The summed E-state index contributed by atoms with van der Waals surface area (Å²) in [5, 5.41) is 6.44. The first-order chi connectivity index (χ1) is 11.6. The number of piperidine rings is 1. The van der Waals surface area contributed by atoms with Gasteiger partial charge in [-0.2, -0.15) is 0 Å². The summed E-state index contributed by atoms with van der Waals surface area (Å²) in [6.07, 6.45) is 5.30. The normalized spacial score (nSPS) is 21.8. The monoisotopic (exact) mass is 344 g/mol. The van der Waals surface area contributed by atoms with E-state index in [1.165, 1.54) is 12.8 Å². The van der Waals surface area contributed by atoms with Crippen molar-refractivity contribution in [1.29, 1.82) is 0 Å². The number of aromatic nitrogens is 2. The number of thiazole rings is 1. The van der Waals surface area contributed by atoms with Crippen molar-refractivity contribution in [3.63, 3.8) is 0 Å². The minimum Gasteiger partial charge on any atom is -0.344 e. The summed E-state index contributed by atoms with van der Waals surface area (Å²) in [7, 11) is 1.97. The maximum absolute atomic E-state index is 13.3. The molecule has 1 saturated carbocycles. The predicted molar refractivity (Wildman–Crippen MR) is 95.1 cm³/mol. The molecular formula is C18H24N4OS. The Labute approximate surface area is 146 Å². The highest BCUT2D eigenvalue weighted by Crippen LogP contribution is 2.56. The standard InChI is InChI=1S/C18H24N4OS/c1-13-3-4-14(21(13)2)17(23)22(12-16-20-9-10-24-16)15-11-18(15)5-7-19-8-6-18/h3-4,9-10,15,19H,5-8,11-12H2,1-2H3. The lowest BCUT2D eigenvalue weighted by Gasteiger charge is -2.29. The Kier molecular flexibility index (Phi) is 3.96. The minimum atomic E-state index is 0.140. The Hall–Kier alpha value is -1.66. The molecule has 3 heterocycles. The Morgan fingerprint density at radius 1 is 1.46 bits per heavy atom. The number of hydrogen-bond donors (Lipinski definition) is 1. The van der Waals surface area contributed by atoms with E-state index in [9.17, 15) is 4.79 Å². The van der Waals surface area contributed by atoms with Crippen molar-refractivity contribution in [1.82, 2.24) is 19.8 Å². The fourth-order valence-electron chi connectivity index (χ4n) is 4.00. The molecule has 6 heteroatoms. The molecule has 1 spiro atoms. The molecule has 2 aromatic heterocycles. The van der Waals surface area contributed by atoms with Crippen molar-refractivity contribution in [2.24, 2.45) is 12.5 Å². The molecule has 2 fully saturated rings. The van der Waals surface area contributed by atoms with E-state index in [0.29, 0.717) is 18.0 Å². The number of nitrogens with zero attached hydrogens (tertiary/aromatic N) is 3. The lowest BCUT2D eigenvalue weighted by atomic mass is 9.93. The fourth-order valence-corrected chi connectivity index (χ4v) is 4.62. The lowest BCUT2D eigenvalue weighted by Crippen LogP contribution is -2.39. The number of amides is 1. The molecule has 0 radical (unpaired) electrons. The number of carbonyl (C=O) groups is 1. The van der Waals surface area contributed by atoms with Crippen molar-refractivity contribution >= 4 is 17.2 Å². The Balaban J connectivity index is 1.61. The molecule has 2 aliphatic rings. The van der Waals surface area contributed by atoms with Crippen LogP contribution in [0.3, 0.4) is 0 Å². The van der Waals surface area contributed by atoms with E-state index < -0.39 is 0 Å². The maximum atomic E-state index is 13.3. The Morgan fingerprint density at radius 2 is 2.25 bits per heavy atom. The van der Waals surface area contributed by atoms with Crippen LogP contribution in [0.25, 0.3) is 0 Å². The highest BCUT2D eigenvalue weighted by atomic mass is 32.1. The highest BCUT2D eigenvalue weighted by Gasteiger charge is 2.58. The van der Waals surface area contributed by atoms with E-state index >= 15 is 0 Å². The maximum Gasteiger partial charge on any atom is 0.271 e. The highest BCUT2D eigenvalue weighted by molar-refractivity contribution is 7.09. The third-order valence-corrected chi connectivity index (χ3v) is 6.53. The Bertz CT molecular complexity index is 730. The number of hydrogen-bond acceptors (Lipinski definition) is 4. The van der Waals surface area contributed by atoms with Crippen LogP contribution < -0.4 is 5.32 Å². The molecule has 128 valence electrons. The second kappa shape index (κ2) is 6.01. The van der Waals surface area contributed by atoms with Gasteiger partial charge < -0.3 is 14.8 Å². The van der Waals surface area contributed by atoms with Crippen molar-refractivity contribution in [3.8, 4) is 0 Å². The molecule has 1 atom stereocenters. The van der Waals surface area contributed by atoms with Gasteiger partial charge in [0, 0.05) is 30.4 Å². The van der Waals surface area contributed by atoms with Crippen molar-refractivity contribution in [3.05, 3.63) is 40.1 Å².